The number of anilines is 1. The first-order chi connectivity index (χ1) is 14.1. The minimum Gasteiger partial charge on any atom is -0.493 e. The maximum absolute atomic E-state index is 12.6. The molecule has 1 N–H and O–H groups in total. The van der Waals surface area contributed by atoms with Gasteiger partial charge < -0.3 is 24.4 Å². The number of rotatable bonds is 7. The van der Waals surface area contributed by atoms with Gasteiger partial charge >= 0.3 is 5.97 Å². The van der Waals surface area contributed by atoms with Crippen molar-refractivity contribution in [2.24, 2.45) is 0 Å². The highest BCUT2D eigenvalue weighted by Gasteiger charge is 2.22. The minimum absolute atomic E-state index is 0.101. The molecule has 0 spiro atoms. The summed E-state index contributed by atoms with van der Waals surface area (Å²) in [7, 11) is 2.77. The van der Waals surface area contributed by atoms with Crippen LogP contribution in [0.4, 0.5) is 5.82 Å². The molecule has 8 nitrogen and oxygen atoms in total. The number of hydrogen-bond acceptors (Lipinski definition) is 7. The zero-order valence-corrected chi connectivity index (χ0v) is 16.6. The quantitative estimate of drug-likeness (QED) is 0.713. The Morgan fingerprint density at radius 1 is 1.14 bits per heavy atom. The molecule has 0 bridgehead atoms. The summed E-state index contributed by atoms with van der Waals surface area (Å²) in [5.74, 6) is 1.05. The first-order valence-corrected chi connectivity index (χ1v) is 9.45. The molecule has 8 heteroatoms. The number of amides is 1. The second kappa shape index (κ2) is 9.77. The van der Waals surface area contributed by atoms with Crippen molar-refractivity contribution in [1.82, 2.24) is 10.3 Å². The Kier molecular flexibility index (Phi) is 6.89. The summed E-state index contributed by atoms with van der Waals surface area (Å²) in [4.78, 5) is 30.5. The average Bonchev–Trinajstić information content (AvgIpc) is 2.78. The van der Waals surface area contributed by atoms with Gasteiger partial charge in [0, 0.05) is 30.9 Å². The number of carbonyl (C=O) groups is 2. The van der Waals surface area contributed by atoms with Gasteiger partial charge in [-0.1, -0.05) is 6.07 Å². The third-order valence-electron chi connectivity index (χ3n) is 4.80. The zero-order valence-electron chi connectivity index (χ0n) is 16.6. The number of pyridine rings is 1. The smallest absolute Gasteiger partial charge is 0.343 e. The third-order valence-corrected chi connectivity index (χ3v) is 4.80. The second-order valence-corrected chi connectivity index (χ2v) is 6.65. The first kappa shape index (κ1) is 20.4. The third kappa shape index (κ3) is 5.37. The number of nitrogens with one attached hydrogen (secondary N) is 1. The van der Waals surface area contributed by atoms with Gasteiger partial charge in [0.2, 0.25) is 0 Å². The lowest BCUT2D eigenvalue weighted by Crippen LogP contribution is -2.44. The molecule has 1 amide bonds. The molecule has 0 unspecified atom stereocenters. The van der Waals surface area contributed by atoms with Crippen LogP contribution < -0.4 is 19.7 Å². The summed E-state index contributed by atoms with van der Waals surface area (Å²) >= 11 is 0. The molecule has 1 aromatic heterocycles. The average molecular weight is 399 g/mol. The highest BCUT2D eigenvalue weighted by Crippen LogP contribution is 2.28. The fraction of sp³-hybridized carbons (Fsp3) is 0.381. The molecule has 2 aromatic rings. The Morgan fingerprint density at radius 3 is 2.59 bits per heavy atom. The van der Waals surface area contributed by atoms with E-state index < -0.39 is 5.97 Å². The number of ether oxygens (including phenoxy) is 3. The van der Waals surface area contributed by atoms with Crippen LogP contribution in [0.25, 0.3) is 0 Å². The van der Waals surface area contributed by atoms with Gasteiger partial charge in [0.15, 0.2) is 18.1 Å². The van der Waals surface area contributed by atoms with Crippen molar-refractivity contribution in [3.05, 3.63) is 48.2 Å². The fourth-order valence-corrected chi connectivity index (χ4v) is 3.19. The van der Waals surface area contributed by atoms with Crippen LogP contribution in [0.5, 0.6) is 11.5 Å². The summed E-state index contributed by atoms with van der Waals surface area (Å²) in [6.45, 7) is 1.45. The van der Waals surface area contributed by atoms with Gasteiger partial charge in [-0.3, -0.25) is 4.79 Å². The summed E-state index contributed by atoms with van der Waals surface area (Å²) in [5, 5.41) is 3.08. The van der Waals surface area contributed by atoms with Crippen molar-refractivity contribution in [3.8, 4) is 11.5 Å². The molecule has 2 heterocycles. The Bertz CT molecular complexity index is 835. The lowest BCUT2D eigenvalue weighted by molar-refractivity contribution is -0.142. The number of hydrogen-bond donors (Lipinski definition) is 1. The molecule has 1 aromatic carbocycles. The van der Waals surface area contributed by atoms with E-state index in [-0.39, 0.29) is 18.6 Å². The van der Waals surface area contributed by atoms with Crippen LogP contribution in [0.1, 0.15) is 23.2 Å². The van der Waals surface area contributed by atoms with Gasteiger partial charge in [0.1, 0.15) is 5.82 Å². The van der Waals surface area contributed by atoms with E-state index >= 15 is 0 Å². The van der Waals surface area contributed by atoms with E-state index in [4.69, 9.17) is 9.47 Å². The number of aromatic nitrogens is 1. The van der Waals surface area contributed by atoms with E-state index in [1.54, 1.807) is 24.4 Å². The molecule has 0 atom stereocenters. The summed E-state index contributed by atoms with van der Waals surface area (Å²) in [5.41, 5.74) is 0.472. The minimum atomic E-state index is -0.495. The van der Waals surface area contributed by atoms with Crippen LogP contribution >= 0.6 is 0 Å². The SMILES string of the molecule is COC(=O)COc1ccc(C(=O)NC2CCN(c3ccccn3)CC2)cc1OC. The molecule has 1 aliphatic rings. The Labute approximate surface area is 169 Å². The predicted octanol–water partition coefficient (Wildman–Crippen LogP) is 2.04. The molecule has 0 saturated carbocycles. The van der Waals surface area contributed by atoms with Crippen LogP contribution in [0.3, 0.4) is 0 Å². The van der Waals surface area contributed by atoms with Gasteiger partial charge in [-0.25, -0.2) is 9.78 Å². The van der Waals surface area contributed by atoms with Crippen LogP contribution in [0.15, 0.2) is 42.6 Å². The number of methoxy groups -OCH3 is 2. The van der Waals surface area contributed by atoms with E-state index in [0.29, 0.717) is 17.1 Å². The van der Waals surface area contributed by atoms with Gasteiger partial charge in [0.05, 0.1) is 14.2 Å². The van der Waals surface area contributed by atoms with Crippen molar-refractivity contribution >= 4 is 17.7 Å². The molecule has 1 fully saturated rings. The second-order valence-electron chi connectivity index (χ2n) is 6.65. The molecule has 154 valence electrons. The highest BCUT2D eigenvalue weighted by atomic mass is 16.6. The van der Waals surface area contributed by atoms with Crippen LogP contribution in [-0.2, 0) is 9.53 Å². The standard InChI is InChI=1S/C21H25N3O5/c1-27-18-13-15(6-7-17(18)29-14-20(25)28-2)21(26)23-16-8-11-24(12-9-16)19-5-3-4-10-22-19/h3-7,10,13,16H,8-9,11-12,14H2,1-2H3,(H,23,26). The molecule has 0 radical (unpaired) electrons. The van der Waals surface area contributed by atoms with E-state index in [1.165, 1.54) is 14.2 Å². The number of carbonyl (C=O) groups excluding carboxylic acids is 2. The monoisotopic (exact) mass is 399 g/mol. The topological polar surface area (TPSA) is 90.0 Å². The number of esters is 1. The first-order valence-electron chi connectivity index (χ1n) is 9.45. The maximum Gasteiger partial charge on any atom is 0.343 e. The molecule has 0 aliphatic carbocycles. The lowest BCUT2D eigenvalue weighted by atomic mass is 10.0. The van der Waals surface area contributed by atoms with E-state index in [2.05, 4.69) is 19.9 Å². The largest absolute Gasteiger partial charge is 0.493 e. The fourth-order valence-electron chi connectivity index (χ4n) is 3.19. The van der Waals surface area contributed by atoms with Crippen LogP contribution in [0, 0.1) is 0 Å². The van der Waals surface area contributed by atoms with Crippen molar-refractivity contribution in [2.75, 3.05) is 38.8 Å². The molecular formula is C21H25N3O5. The van der Waals surface area contributed by atoms with Gasteiger partial charge in [-0.05, 0) is 43.2 Å². The zero-order chi connectivity index (χ0) is 20.6. The van der Waals surface area contributed by atoms with Gasteiger partial charge in [0.25, 0.3) is 5.91 Å². The van der Waals surface area contributed by atoms with Crippen molar-refractivity contribution < 1.29 is 23.8 Å². The Morgan fingerprint density at radius 2 is 1.93 bits per heavy atom. The van der Waals surface area contributed by atoms with Crippen LogP contribution in [0.2, 0.25) is 0 Å². The molecule has 29 heavy (non-hydrogen) atoms. The van der Waals surface area contributed by atoms with Crippen molar-refractivity contribution in [2.45, 2.75) is 18.9 Å². The lowest BCUT2D eigenvalue weighted by Gasteiger charge is -2.33. The van der Waals surface area contributed by atoms with Gasteiger partial charge in [-0.15, -0.1) is 0 Å². The van der Waals surface area contributed by atoms with Crippen LogP contribution in [-0.4, -0.2) is 56.8 Å². The molecule has 1 aliphatic heterocycles. The van der Waals surface area contributed by atoms with Crippen molar-refractivity contribution in [3.63, 3.8) is 0 Å². The van der Waals surface area contributed by atoms with Crippen molar-refractivity contribution in [1.29, 1.82) is 0 Å². The summed E-state index contributed by atoms with van der Waals surface area (Å²) < 4.78 is 15.2. The summed E-state index contributed by atoms with van der Waals surface area (Å²) in [6, 6.07) is 10.8. The number of nitrogens with zero attached hydrogens (tertiary/aromatic N) is 2. The Balaban J connectivity index is 1.56. The molecular weight excluding hydrogens is 374 g/mol. The van der Waals surface area contributed by atoms with E-state index in [1.807, 2.05) is 18.2 Å². The predicted molar refractivity (Wildman–Crippen MR) is 107 cm³/mol. The Hall–Kier alpha value is -3.29. The maximum atomic E-state index is 12.6. The van der Waals surface area contributed by atoms with E-state index in [0.717, 1.165) is 31.7 Å². The van der Waals surface area contributed by atoms with Gasteiger partial charge in [-0.2, -0.15) is 0 Å². The normalized spacial score (nSPS) is 14.2. The molecule has 3 rings (SSSR count). The highest BCUT2D eigenvalue weighted by molar-refractivity contribution is 5.95. The van der Waals surface area contributed by atoms with E-state index in [9.17, 15) is 9.59 Å². The molecule has 1 saturated heterocycles. The summed E-state index contributed by atoms with van der Waals surface area (Å²) in [6.07, 6.45) is 3.48. The number of piperidine rings is 1. The number of benzene rings is 1.